The van der Waals surface area contributed by atoms with E-state index in [-0.39, 0.29) is 5.75 Å². The molecule has 2 amide bonds. The average Bonchev–Trinajstić information content (AvgIpc) is 3.61. The lowest BCUT2D eigenvalue weighted by molar-refractivity contribution is -0.274. The largest absolute Gasteiger partial charge is 0.573 e. The molecule has 0 atom stereocenters. The number of benzene rings is 3. The van der Waals surface area contributed by atoms with E-state index in [0.29, 0.717) is 22.0 Å². The number of nitrogens with zero attached hydrogens (tertiary/aromatic N) is 5. The van der Waals surface area contributed by atoms with Crippen molar-refractivity contribution in [3.05, 3.63) is 111 Å². The number of thiazole rings is 1. The number of hydrogen-bond donors (Lipinski definition) is 1. The van der Waals surface area contributed by atoms with E-state index in [4.69, 9.17) is 0 Å². The molecular weight excluding hydrogens is 601 g/mol. The van der Waals surface area contributed by atoms with Gasteiger partial charge in [-0.25, -0.2) is 14.5 Å². The average molecular weight is 633 g/mol. The lowest BCUT2D eigenvalue weighted by Gasteiger charge is -2.13. The molecule has 0 unspecified atom stereocenters. The van der Waals surface area contributed by atoms with Gasteiger partial charge in [0, 0.05) is 22.3 Å². The maximum Gasteiger partial charge on any atom is 0.573 e. The van der Waals surface area contributed by atoms with Crippen LogP contribution in [0, 0.1) is 13.8 Å². The standard InChI is InChI=1S/C33H31F3N6O2S/c1-5-6-25-10-7-21(2)17-29(25)42-23(4)19-45-32(42)39-31(43)38-22(3)18-24-8-11-26(12-9-24)30-37-20-41(40-30)27-13-15-28(16-14-27)44-33(34,35)36/h7-20H,5-6H2,1-4H3,(H,38,43)/b22-18+,39-32?. The second-order valence-corrected chi connectivity index (χ2v) is 11.3. The zero-order valence-corrected chi connectivity index (χ0v) is 25.9. The number of alkyl halides is 3. The summed E-state index contributed by atoms with van der Waals surface area (Å²) in [5.41, 5.74) is 7.15. The minimum Gasteiger partial charge on any atom is -0.406 e. The number of ether oxygens (including phenoxy) is 1. The molecule has 0 aliphatic carbocycles. The second-order valence-electron chi connectivity index (χ2n) is 10.4. The first-order valence-electron chi connectivity index (χ1n) is 14.2. The van der Waals surface area contributed by atoms with Crippen molar-refractivity contribution >= 4 is 23.4 Å². The van der Waals surface area contributed by atoms with Gasteiger partial charge in [-0.3, -0.25) is 4.57 Å². The van der Waals surface area contributed by atoms with Crippen LogP contribution in [-0.2, 0) is 6.42 Å². The predicted molar refractivity (Wildman–Crippen MR) is 168 cm³/mol. The van der Waals surface area contributed by atoms with E-state index in [0.717, 1.165) is 40.9 Å². The number of rotatable bonds is 8. The van der Waals surface area contributed by atoms with E-state index in [1.54, 1.807) is 6.92 Å². The molecule has 0 bridgehead atoms. The lowest BCUT2D eigenvalue weighted by atomic mass is 10.1. The predicted octanol–water partition coefficient (Wildman–Crippen LogP) is 7.93. The van der Waals surface area contributed by atoms with Gasteiger partial charge in [0.2, 0.25) is 0 Å². The lowest BCUT2D eigenvalue weighted by Crippen LogP contribution is -2.23. The fourth-order valence-electron chi connectivity index (χ4n) is 4.74. The molecule has 5 rings (SSSR count). The van der Waals surface area contributed by atoms with E-state index >= 15 is 0 Å². The number of nitrogens with one attached hydrogen (secondary N) is 1. The Labute approximate surface area is 262 Å². The number of urea groups is 1. The van der Waals surface area contributed by atoms with E-state index < -0.39 is 12.4 Å². The molecule has 0 spiro atoms. The van der Waals surface area contributed by atoms with Gasteiger partial charge in [-0.1, -0.05) is 49.7 Å². The van der Waals surface area contributed by atoms with E-state index in [1.165, 1.54) is 52.2 Å². The third-order valence-electron chi connectivity index (χ3n) is 6.76. The third kappa shape index (κ3) is 7.95. The number of aryl methyl sites for hydroxylation is 3. The Kier molecular flexibility index (Phi) is 9.33. The van der Waals surface area contributed by atoms with Crippen LogP contribution in [0.1, 0.15) is 42.7 Å². The molecule has 0 saturated carbocycles. The van der Waals surface area contributed by atoms with Crippen molar-refractivity contribution in [1.29, 1.82) is 0 Å². The van der Waals surface area contributed by atoms with Crippen molar-refractivity contribution in [2.75, 3.05) is 0 Å². The number of halogens is 3. The Morgan fingerprint density at radius 2 is 1.80 bits per heavy atom. The van der Waals surface area contributed by atoms with Crippen LogP contribution in [0.5, 0.6) is 5.75 Å². The smallest absolute Gasteiger partial charge is 0.406 e. The van der Waals surface area contributed by atoms with Gasteiger partial charge in [0.25, 0.3) is 0 Å². The highest BCUT2D eigenvalue weighted by molar-refractivity contribution is 7.07. The van der Waals surface area contributed by atoms with Crippen LogP contribution in [0.25, 0.3) is 28.8 Å². The van der Waals surface area contributed by atoms with Crippen molar-refractivity contribution in [3.8, 4) is 28.5 Å². The summed E-state index contributed by atoms with van der Waals surface area (Å²) in [5.74, 6) is 0.129. The summed E-state index contributed by atoms with van der Waals surface area (Å²) in [5, 5.41) is 9.28. The van der Waals surface area contributed by atoms with Gasteiger partial charge in [0.1, 0.15) is 12.1 Å². The maximum atomic E-state index is 12.9. The van der Waals surface area contributed by atoms with Crippen molar-refractivity contribution in [3.63, 3.8) is 0 Å². The number of carbonyl (C=O) groups excluding carboxylic acids is 1. The Morgan fingerprint density at radius 1 is 1.07 bits per heavy atom. The molecule has 45 heavy (non-hydrogen) atoms. The number of amides is 2. The molecule has 0 aliphatic rings. The maximum absolute atomic E-state index is 12.9. The Morgan fingerprint density at radius 3 is 2.49 bits per heavy atom. The van der Waals surface area contributed by atoms with Gasteiger partial charge in [0.15, 0.2) is 10.6 Å². The number of allylic oxidation sites excluding steroid dienone is 1. The van der Waals surface area contributed by atoms with E-state index in [9.17, 15) is 18.0 Å². The normalized spacial score (nSPS) is 12.4. The van der Waals surface area contributed by atoms with Crippen LogP contribution in [0.3, 0.4) is 0 Å². The van der Waals surface area contributed by atoms with Crippen LogP contribution in [-0.4, -0.2) is 31.7 Å². The highest BCUT2D eigenvalue weighted by Gasteiger charge is 2.31. The SMILES string of the molecule is CCCc1ccc(C)cc1-n1c(C)csc1=NC(=O)N/C(C)=C/c1ccc(-c2ncn(-c3ccc(OC(F)(F)F)cc3)n2)cc1. The minimum absolute atomic E-state index is 0.316. The number of aromatic nitrogens is 4. The van der Waals surface area contributed by atoms with E-state index in [2.05, 4.69) is 57.2 Å². The van der Waals surface area contributed by atoms with Gasteiger partial charge < -0.3 is 10.1 Å². The Balaban J connectivity index is 1.27. The molecule has 5 aromatic rings. The fraction of sp³-hybridized carbons (Fsp3) is 0.212. The van der Waals surface area contributed by atoms with Gasteiger partial charge in [-0.05, 0) is 80.3 Å². The van der Waals surface area contributed by atoms with Crippen LogP contribution < -0.4 is 14.9 Å². The van der Waals surface area contributed by atoms with Gasteiger partial charge in [0.05, 0.1) is 11.4 Å². The van der Waals surface area contributed by atoms with Crippen LogP contribution in [0.4, 0.5) is 18.0 Å². The van der Waals surface area contributed by atoms with Gasteiger partial charge in [-0.2, -0.15) is 4.99 Å². The summed E-state index contributed by atoms with van der Waals surface area (Å²) in [6.45, 7) is 8.00. The summed E-state index contributed by atoms with van der Waals surface area (Å²) in [4.78, 5) is 22.2. The first-order valence-corrected chi connectivity index (χ1v) is 15.1. The summed E-state index contributed by atoms with van der Waals surface area (Å²) >= 11 is 1.42. The number of carbonyl (C=O) groups is 1. The van der Waals surface area contributed by atoms with Crippen LogP contribution in [0.2, 0.25) is 0 Å². The molecule has 12 heteroatoms. The Bertz CT molecular complexity index is 1900. The summed E-state index contributed by atoms with van der Waals surface area (Å²) < 4.78 is 44.7. The van der Waals surface area contributed by atoms with Crippen molar-refractivity contribution < 1.29 is 22.7 Å². The summed E-state index contributed by atoms with van der Waals surface area (Å²) in [6.07, 6.45) is 0.505. The van der Waals surface area contributed by atoms with Crippen LogP contribution in [0.15, 0.2) is 89.1 Å². The minimum atomic E-state index is -4.75. The molecule has 0 radical (unpaired) electrons. The molecule has 1 N–H and O–H groups in total. The van der Waals surface area contributed by atoms with Crippen molar-refractivity contribution in [2.24, 2.45) is 4.99 Å². The molecule has 0 fully saturated rings. The van der Waals surface area contributed by atoms with Crippen molar-refractivity contribution in [1.82, 2.24) is 24.6 Å². The highest BCUT2D eigenvalue weighted by Crippen LogP contribution is 2.24. The molecule has 3 aromatic carbocycles. The fourth-order valence-corrected chi connectivity index (χ4v) is 5.61. The van der Waals surface area contributed by atoms with Gasteiger partial charge >= 0.3 is 12.4 Å². The molecule has 232 valence electrons. The topological polar surface area (TPSA) is 86.3 Å². The van der Waals surface area contributed by atoms with Gasteiger partial charge in [-0.15, -0.1) is 29.6 Å². The molecule has 0 aliphatic heterocycles. The highest BCUT2D eigenvalue weighted by atomic mass is 32.1. The molecule has 0 saturated heterocycles. The summed E-state index contributed by atoms with van der Waals surface area (Å²) in [7, 11) is 0. The summed E-state index contributed by atoms with van der Waals surface area (Å²) in [6, 6.07) is 18.7. The molecule has 2 heterocycles. The third-order valence-corrected chi connectivity index (χ3v) is 7.70. The second kappa shape index (κ2) is 13.3. The zero-order chi connectivity index (χ0) is 32.1. The van der Waals surface area contributed by atoms with Crippen LogP contribution >= 0.6 is 11.3 Å². The van der Waals surface area contributed by atoms with Crippen molar-refractivity contribution in [2.45, 2.75) is 46.9 Å². The molecular formula is C33H31F3N6O2S. The monoisotopic (exact) mass is 632 g/mol. The quantitative estimate of drug-likeness (QED) is 0.188. The first kappa shape index (κ1) is 31.5. The first-order chi connectivity index (χ1) is 21.5. The Hall–Kier alpha value is -4.97. The molecule has 8 nitrogen and oxygen atoms in total. The zero-order valence-electron chi connectivity index (χ0n) is 25.1. The molecule has 2 aromatic heterocycles. The van der Waals surface area contributed by atoms with E-state index in [1.807, 2.05) is 47.2 Å². The number of hydrogen-bond acceptors (Lipinski definition) is 5.